The van der Waals surface area contributed by atoms with E-state index in [1.165, 1.54) is 7.11 Å². The van der Waals surface area contributed by atoms with Gasteiger partial charge in [0.05, 0.1) is 19.8 Å². The lowest BCUT2D eigenvalue weighted by atomic mass is 10.2. The molecule has 0 saturated carbocycles. The second-order valence-electron chi connectivity index (χ2n) is 4.16. The van der Waals surface area contributed by atoms with Crippen LogP contribution in [0.3, 0.4) is 0 Å². The van der Waals surface area contributed by atoms with E-state index in [0.29, 0.717) is 23.7 Å². The fraction of sp³-hybridized carbons (Fsp3) is 0.188. The molecule has 0 aliphatic carbocycles. The SMILES string of the molecule is COc1ccc(COc2ccc(C=O)c(OC)c2)cc1. The van der Waals surface area contributed by atoms with Crippen molar-refractivity contribution in [1.29, 1.82) is 0 Å². The van der Waals surface area contributed by atoms with Gasteiger partial charge >= 0.3 is 0 Å². The number of hydrogen-bond acceptors (Lipinski definition) is 4. The number of methoxy groups -OCH3 is 2. The van der Waals surface area contributed by atoms with E-state index in [9.17, 15) is 4.79 Å². The van der Waals surface area contributed by atoms with Crippen LogP contribution in [0, 0.1) is 0 Å². The van der Waals surface area contributed by atoms with E-state index in [2.05, 4.69) is 0 Å². The molecule has 104 valence electrons. The first-order valence-electron chi connectivity index (χ1n) is 6.15. The van der Waals surface area contributed by atoms with Gasteiger partial charge in [-0.1, -0.05) is 12.1 Å². The number of rotatable bonds is 6. The van der Waals surface area contributed by atoms with Crippen molar-refractivity contribution < 1.29 is 19.0 Å². The zero-order valence-corrected chi connectivity index (χ0v) is 11.5. The predicted octanol–water partition coefficient (Wildman–Crippen LogP) is 3.10. The molecule has 0 aliphatic heterocycles. The Balaban J connectivity index is 2.04. The van der Waals surface area contributed by atoms with Crippen LogP contribution in [0.1, 0.15) is 15.9 Å². The highest BCUT2D eigenvalue weighted by atomic mass is 16.5. The third-order valence-corrected chi connectivity index (χ3v) is 2.90. The van der Waals surface area contributed by atoms with Crippen LogP contribution in [0.4, 0.5) is 0 Å². The van der Waals surface area contributed by atoms with Gasteiger partial charge in [0, 0.05) is 6.07 Å². The molecule has 0 aromatic heterocycles. The van der Waals surface area contributed by atoms with Crippen LogP contribution < -0.4 is 14.2 Å². The molecular weight excluding hydrogens is 256 g/mol. The van der Waals surface area contributed by atoms with Crippen LogP contribution in [0.5, 0.6) is 17.2 Å². The van der Waals surface area contributed by atoms with E-state index in [4.69, 9.17) is 14.2 Å². The third kappa shape index (κ3) is 3.29. The van der Waals surface area contributed by atoms with E-state index >= 15 is 0 Å². The van der Waals surface area contributed by atoms with Crippen LogP contribution in [-0.2, 0) is 6.61 Å². The van der Waals surface area contributed by atoms with Crippen molar-refractivity contribution in [2.45, 2.75) is 6.61 Å². The molecule has 0 heterocycles. The number of aldehydes is 1. The Hall–Kier alpha value is -2.49. The first-order valence-corrected chi connectivity index (χ1v) is 6.15. The van der Waals surface area contributed by atoms with Gasteiger partial charge in [0.15, 0.2) is 6.29 Å². The van der Waals surface area contributed by atoms with Crippen molar-refractivity contribution in [2.24, 2.45) is 0 Å². The van der Waals surface area contributed by atoms with Crippen molar-refractivity contribution in [2.75, 3.05) is 14.2 Å². The Kier molecular flexibility index (Phi) is 4.60. The molecule has 0 spiro atoms. The molecule has 0 N–H and O–H groups in total. The molecule has 20 heavy (non-hydrogen) atoms. The quantitative estimate of drug-likeness (QED) is 0.758. The van der Waals surface area contributed by atoms with Gasteiger partial charge in [-0.3, -0.25) is 4.79 Å². The summed E-state index contributed by atoms with van der Waals surface area (Å²) in [6, 6.07) is 12.8. The molecule has 0 bridgehead atoms. The van der Waals surface area contributed by atoms with Gasteiger partial charge in [0.1, 0.15) is 23.9 Å². The second-order valence-corrected chi connectivity index (χ2v) is 4.16. The summed E-state index contributed by atoms with van der Waals surface area (Å²) in [7, 11) is 3.15. The highest BCUT2D eigenvalue weighted by Gasteiger charge is 2.04. The Morgan fingerprint density at radius 1 is 0.950 bits per heavy atom. The van der Waals surface area contributed by atoms with Gasteiger partial charge in [-0.25, -0.2) is 0 Å². The first kappa shape index (κ1) is 13.9. The average molecular weight is 272 g/mol. The Morgan fingerprint density at radius 3 is 2.25 bits per heavy atom. The monoisotopic (exact) mass is 272 g/mol. The minimum atomic E-state index is 0.438. The van der Waals surface area contributed by atoms with Gasteiger partial charge in [-0.15, -0.1) is 0 Å². The second kappa shape index (κ2) is 6.61. The summed E-state index contributed by atoms with van der Waals surface area (Å²) in [6.07, 6.45) is 0.756. The highest BCUT2D eigenvalue weighted by Crippen LogP contribution is 2.24. The van der Waals surface area contributed by atoms with E-state index in [1.807, 2.05) is 24.3 Å². The van der Waals surface area contributed by atoms with Gasteiger partial charge in [0.25, 0.3) is 0 Å². The Morgan fingerprint density at radius 2 is 1.65 bits per heavy atom. The molecule has 0 atom stereocenters. The topological polar surface area (TPSA) is 44.8 Å². The molecule has 0 fully saturated rings. The van der Waals surface area contributed by atoms with E-state index < -0.39 is 0 Å². The predicted molar refractivity (Wildman–Crippen MR) is 75.7 cm³/mol. The zero-order valence-electron chi connectivity index (χ0n) is 11.5. The van der Waals surface area contributed by atoms with Crippen LogP contribution >= 0.6 is 0 Å². The maximum Gasteiger partial charge on any atom is 0.153 e. The van der Waals surface area contributed by atoms with Crippen molar-refractivity contribution in [1.82, 2.24) is 0 Å². The Labute approximate surface area is 117 Å². The van der Waals surface area contributed by atoms with Gasteiger partial charge < -0.3 is 14.2 Å². The van der Waals surface area contributed by atoms with Gasteiger partial charge in [-0.2, -0.15) is 0 Å². The number of ether oxygens (including phenoxy) is 3. The molecule has 0 amide bonds. The zero-order chi connectivity index (χ0) is 14.4. The number of carbonyl (C=O) groups is 1. The minimum absolute atomic E-state index is 0.438. The van der Waals surface area contributed by atoms with Crippen LogP contribution in [0.15, 0.2) is 42.5 Å². The molecular formula is C16H16O4. The Bertz CT molecular complexity index is 576. The first-order chi connectivity index (χ1) is 9.76. The van der Waals surface area contributed by atoms with E-state index in [-0.39, 0.29) is 0 Å². The summed E-state index contributed by atoms with van der Waals surface area (Å²) in [5.41, 5.74) is 1.54. The standard InChI is InChI=1S/C16H16O4/c1-18-14-6-3-12(4-7-14)11-20-15-8-5-13(10-17)16(9-15)19-2/h3-10H,11H2,1-2H3. The van der Waals surface area contributed by atoms with Crippen molar-refractivity contribution in [3.63, 3.8) is 0 Å². The lowest BCUT2D eigenvalue weighted by molar-refractivity contribution is 0.112. The molecule has 0 saturated heterocycles. The summed E-state index contributed by atoms with van der Waals surface area (Å²) in [6.45, 7) is 0.438. The summed E-state index contributed by atoms with van der Waals surface area (Å²) in [5, 5.41) is 0. The normalized spacial score (nSPS) is 9.90. The number of hydrogen-bond donors (Lipinski definition) is 0. The molecule has 2 rings (SSSR count). The maximum absolute atomic E-state index is 10.8. The molecule has 4 nitrogen and oxygen atoms in total. The van der Waals surface area contributed by atoms with Crippen molar-refractivity contribution >= 4 is 6.29 Å². The molecule has 2 aromatic rings. The molecule has 0 unspecified atom stereocenters. The lowest BCUT2D eigenvalue weighted by Crippen LogP contribution is -1.97. The summed E-state index contributed by atoms with van der Waals surface area (Å²) in [4.78, 5) is 10.8. The summed E-state index contributed by atoms with van der Waals surface area (Å²) >= 11 is 0. The molecule has 0 aliphatic rings. The van der Waals surface area contributed by atoms with Crippen LogP contribution in [0.2, 0.25) is 0 Å². The number of benzene rings is 2. The van der Waals surface area contributed by atoms with Crippen LogP contribution in [0.25, 0.3) is 0 Å². The molecule has 2 aromatic carbocycles. The van der Waals surface area contributed by atoms with E-state index in [1.54, 1.807) is 25.3 Å². The summed E-state index contributed by atoms with van der Waals surface area (Å²) < 4.78 is 15.9. The van der Waals surface area contributed by atoms with E-state index in [0.717, 1.165) is 17.6 Å². The fourth-order valence-corrected chi connectivity index (χ4v) is 1.77. The number of carbonyl (C=O) groups excluding carboxylic acids is 1. The average Bonchev–Trinajstić information content (AvgIpc) is 2.53. The molecule has 4 heteroatoms. The van der Waals surface area contributed by atoms with Crippen molar-refractivity contribution in [3.05, 3.63) is 53.6 Å². The largest absolute Gasteiger partial charge is 0.497 e. The smallest absolute Gasteiger partial charge is 0.153 e. The maximum atomic E-state index is 10.8. The minimum Gasteiger partial charge on any atom is -0.497 e. The highest BCUT2D eigenvalue weighted by molar-refractivity contribution is 5.79. The third-order valence-electron chi connectivity index (χ3n) is 2.90. The lowest BCUT2D eigenvalue weighted by Gasteiger charge is -2.09. The molecule has 0 radical (unpaired) electrons. The van der Waals surface area contributed by atoms with Crippen LogP contribution in [-0.4, -0.2) is 20.5 Å². The van der Waals surface area contributed by atoms with Crippen molar-refractivity contribution in [3.8, 4) is 17.2 Å². The van der Waals surface area contributed by atoms with Gasteiger partial charge in [-0.05, 0) is 29.8 Å². The van der Waals surface area contributed by atoms with Gasteiger partial charge in [0.2, 0.25) is 0 Å². The fourth-order valence-electron chi connectivity index (χ4n) is 1.77. The summed E-state index contributed by atoms with van der Waals surface area (Å²) in [5.74, 6) is 1.97.